The lowest BCUT2D eigenvalue weighted by atomic mass is 10.1. The molecule has 2 aromatic rings. The number of carbonyl (C=O) groups is 1. The average Bonchev–Trinajstić information content (AvgIpc) is 3.24. The number of amides is 1. The molecule has 1 saturated heterocycles. The summed E-state index contributed by atoms with van der Waals surface area (Å²) in [5.41, 5.74) is 0.874. The van der Waals surface area contributed by atoms with Crippen molar-refractivity contribution in [3.8, 4) is 16.3 Å². The minimum absolute atomic E-state index is 0.0280. The Morgan fingerprint density at radius 1 is 1.41 bits per heavy atom. The van der Waals surface area contributed by atoms with E-state index in [2.05, 4.69) is 10.2 Å². The number of aromatic nitrogens is 2. The number of benzene rings is 1. The molecule has 0 radical (unpaired) electrons. The van der Waals surface area contributed by atoms with Crippen LogP contribution in [0.2, 0.25) is 0 Å². The third kappa shape index (κ3) is 2.82. The Morgan fingerprint density at radius 2 is 2.23 bits per heavy atom. The summed E-state index contributed by atoms with van der Waals surface area (Å²) < 4.78 is 10.6. The largest absolute Gasteiger partial charge is 0.496 e. The summed E-state index contributed by atoms with van der Waals surface area (Å²) in [6.45, 7) is 1.13. The summed E-state index contributed by atoms with van der Waals surface area (Å²) in [5, 5.41) is 9.64. The molecule has 0 bridgehead atoms. The first-order valence-corrected chi connectivity index (χ1v) is 7.84. The molecule has 1 amide bonds. The molecular weight excluding hydrogens is 302 g/mol. The van der Waals surface area contributed by atoms with Crippen LogP contribution in [0.3, 0.4) is 0 Å². The van der Waals surface area contributed by atoms with Gasteiger partial charge in [0.25, 0.3) is 0 Å². The lowest BCUT2D eigenvalue weighted by Crippen LogP contribution is -2.33. The molecule has 1 aliphatic heterocycles. The lowest BCUT2D eigenvalue weighted by Gasteiger charge is -2.16. The molecule has 0 N–H and O–H groups in total. The first kappa shape index (κ1) is 14.9. The zero-order chi connectivity index (χ0) is 15.5. The van der Waals surface area contributed by atoms with Gasteiger partial charge in [-0.1, -0.05) is 23.5 Å². The fourth-order valence-corrected chi connectivity index (χ4v) is 3.22. The second-order valence-electron chi connectivity index (χ2n) is 5.05. The number of anilines is 1. The van der Waals surface area contributed by atoms with Crippen molar-refractivity contribution in [1.82, 2.24) is 10.2 Å². The van der Waals surface area contributed by atoms with Crippen LogP contribution in [0, 0.1) is 5.92 Å². The van der Waals surface area contributed by atoms with Gasteiger partial charge < -0.3 is 9.47 Å². The third-order valence-electron chi connectivity index (χ3n) is 3.65. The van der Waals surface area contributed by atoms with E-state index in [0.29, 0.717) is 18.3 Å². The maximum atomic E-state index is 12.4. The van der Waals surface area contributed by atoms with E-state index in [4.69, 9.17) is 9.47 Å². The van der Waals surface area contributed by atoms with Crippen LogP contribution in [0.25, 0.3) is 10.6 Å². The summed E-state index contributed by atoms with van der Waals surface area (Å²) in [7, 11) is 3.35. The summed E-state index contributed by atoms with van der Waals surface area (Å²) in [6.07, 6.45) is 0.765. The molecule has 22 heavy (non-hydrogen) atoms. The molecule has 1 unspecified atom stereocenters. The molecule has 116 valence electrons. The maximum absolute atomic E-state index is 12.4. The van der Waals surface area contributed by atoms with E-state index < -0.39 is 0 Å². The van der Waals surface area contributed by atoms with Gasteiger partial charge in [0.05, 0.1) is 25.2 Å². The first-order valence-electron chi connectivity index (χ1n) is 7.03. The minimum atomic E-state index is -0.0800. The highest BCUT2D eigenvalue weighted by atomic mass is 32.1. The van der Waals surface area contributed by atoms with Crippen molar-refractivity contribution in [2.75, 3.05) is 32.3 Å². The molecule has 7 heteroatoms. The Morgan fingerprint density at radius 3 is 2.95 bits per heavy atom. The highest BCUT2D eigenvalue weighted by molar-refractivity contribution is 7.18. The van der Waals surface area contributed by atoms with Gasteiger partial charge in [0, 0.05) is 13.7 Å². The number of hydrogen-bond acceptors (Lipinski definition) is 6. The smallest absolute Gasteiger partial charge is 0.234 e. The summed E-state index contributed by atoms with van der Waals surface area (Å²) in [5.74, 6) is 0.687. The van der Waals surface area contributed by atoms with Crippen molar-refractivity contribution in [1.29, 1.82) is 0 Å². The monoisotopic (exact) mass is 319 g/mol. The van der Waals surface area contributed by atoms with Crippen LogP contribution < -0.4 is 9.64 Å². The predicted molar refractivity (Wildman–Crippen MR) is 84.2 cm³/mol. The molecule has 1 aliphatic rings. The quantitative estimate of drug-likeness (QED) is 0.864. The second-order valence-corrected chi connectivity index (χ2v) is 6.00. The molecule has 3 rings (SSSR count). The standard InChI is InChI=1S/C15H17N3O3S/c1-18(14(19)10-7-8-21-9-10)15-17-16-13(22-15)11-5-3-4-6-12(11)20-2/h3-6,10H,7-9H2,1-2H3. The highest BCUT2D eigenvalue weighted by Crippen LogP contribution is 2.34. The van der Waals surface area contributed by atoms with Gasteiger partial charge >= 0.3 is 0 Å². The van der Waals surface area contributed by atoms with Crippen LogP contribution in [-0.2, 0) is 9.53 Å². The number of ether oxygens (including phenoxy) is 2. The van der Waals surface area contributed by atoms with E-state index in [9.17, 15) is 4.79 Å². The van der Waals surface area contributed by atoms with Gasteiger partial charge in [0.2, 0.25) is 11.0 Å². The fourth-order valence-electron chi connectivity index (χ4n) is 2.38. The molecule has 0 aliphatic carbocycles. The Hall–Kier alpha value is -1.99. The van der Waals surface area contributed by atoms with Crippen molar-refractivity contribution in [3.63, 3.8) is 0 Å². The van der Waals surface area contributed by atoms with E-state index in [0.717, 1.165) is 22.7 Å². The van der Waals surface area contributed by atoms with E-state index >= 15 is 0 Å². The number of hydrogen-bond donors (Lipinski definition) is 0. The molecule has 1 aromatic heterocycles. The normalized spacial score (nSPS) is 17.5. The molecule has 1 fully saturated rings. The van der Waals surface area contributed by atoms with Crippen LogP contribution >= 0.6 is 11.3 Å². The average molecular weight is 319 g/mol. The van der Waals surface area contributed by atoms with Gasteiger partial charge in [-0.15, -0.1) is 10.2 Å². The van der Waals surface area contributed by atoms with E-state index in [1.807, 2.05) is 24.3 Å². The van der Waals surface area contributed by atoms with Gasteiger partial charge in [-0.25, -0.2) is 0 Å². The van der Waals surface area contributed by atoms with Crippen molar-refractivity contribution in [3.05, 3.63) is 24.3 Å². The molecule has 0 saturated carbocycles. The molecule has 0 spiro atoms. The van der Waals surface area contributed by atoms with Crippen molar-refractivity contribution in [2.45, 2.75) is 6.42 Å². The Labute approximate surface area is 132 Å². The Bertz CT molecular complexity index is 668. The predicted octanol–water partition coefficient (Wildman–Crippen LogP) is 2.21. The molecule has 2 heterocycles. The number of para-hydroxylation sites is 1. The van der Waals surface area contributed by atoms with Crippen molar-refractivity contribution < 1.29 is 14.3 Å². The molecule has 6 nitrogen and oxygen atoms in total. The van der Waals surface area contributed by atoms with Crippen LogP contribution in [0.15, 0.2) is 24.3 Å². The number of nitrogens with zero attached hydrogens (tertiary/aromatic N) is 3. The number of methoxy groups -OCH3 is 1. The van der Waals surface area contributed by atoms with Gasteiger partial charge in [-0.05, 0) is 18.6 Å². The Balaban J connectivity index is 1.82. The maximum Gasteiger partial charge on any atom is 0.234 e. The van der Waals surface area contributed by atoms with Crippen molar-refractivity contribution >= 4 is 22.4 Å². The van der Waals surface area contributed by atoms with E-state index in [1.165, 1.54) is 11.3 Å². The number of rotatable bonds is 4. The molecular formula is C15H17N3O3S. The van der Waals surface area contributed by atoms with E-state index in [-0.39, 0.29) is 11.8 Å². The van der Waals surface area contributed by atoms with Crippen molar-refractivity contribution in [2.24, 2.45) is 5.92 Å². The first-order chi connectivity index (χ1) is 10.7. The Kier molecular flexibility index (Phi) is 4.35. The minimum Gasteiger partial charge on any atom is -0.496 e. The highest BCUT2D eigenvalue weighted by Gasteiger charge is 2.28. The molecule has 1 atom stereocenters. The van der Waals surface area contributed by atoms with Gasteiger partial charge in [-0.2, -0.15) is 0 Å². The summed E-state index contributed by atoms with van der Waals surface area (Å²) in [6, 6.07) is 7.63. The topological polar surface area (TPSA) is 64.6 Å². The van der Waals surface area contributed by atoms with Crippen LogP contribution in [-0.4, -0.2) is 43.5 Å². The van der Waals surface area contributed by atoms with Crippen LogP contribution in [0.4, 0.5) is 5.13 Å². The zero-order valence-electron chi connectivity index (χ0n) is 12.5. The summed E-state index contributed by atoms with van der Waals surface area (Å²) in [4.78, 5) is 13.9. The van der Waals surface area contributed by atoms with Gasteiger partial charge in [0.1, 0.15) is 5.75 Å². The molecule has 1 aromatic carbocycles. The summed E-state index contributed by atoms with van der Waals surface area (Å²) >= 11 is 1.37. The van der Waals surface area contributed by atoms with Crippen LogP contribution in [0.5, 0.6) is 5.75 Å². The second kappa shape index (κ2) is 6.41. The fraction of sp³-hybridized carbons (Fsp3) is 0.400. The van der Waals surface area contributed by atoms with Gasteiger partial charge in [-0.3, -0.25) is 9.69 Å². The number of carbonyl (C=O) groups excluding carboxylic acids is 1. The van der Waals surface area contributed by atoms with Crippen LogP contribution in [0.1, 0.15) is 6.42 Å². The lowest BCUT2D eigenvalue weighted by molar-refractivity contribution is -0.122. The van der Waals surface area contributed by atoms with Gasteiger partial charge in [0.15, 0.2) is 5.01 Å². The van der Waals surface area contributed by atoms with E-state index in [1.54, 1.807) is 19.1 Å². The SMILES string of the molecule is COc1ccccc1-c1nnc(N(C)C(=O)C2CCOC2)s1. The third-order valence-corrected chi connectivity index (χ3v) is 4.68. The zero-order valence-corrected chi connectivity index (χ0v) is 13.3.